The zero-order valence-electron chi connectivity index (χ0n) is 13.5. The van der Waals surface area contributed by atoms with Gasteiger partial charge in [0.05, 0.1) is 23.2 Å². The summed E-state index contributed by atoms with van der Waals surface area (Å²) in [6, 6.07) is 3.73. The molecule has 0 bridgehead atoms. The summed E-state index contributed by atoms with van der Waals surface area (Å²) in [7, 11) is -3.20. The van der Waals surface area contributed by atoms with E-state index in [1.54, 1.807) is 0 Å². The molecule has 2 aliphatic rings. The zero-order chi connectivity index (χ0) is 18.2. The molecule has 1 aromatic carbocycles. The number of nitrogens with zero attached hydrogens (tertiary/aromatic N) is 1. The molecule has 134 valence electrons. The highest BCUT2D eigenvalue weighted by Crippen LogP contribution is 2.30. The summed E-state index contributed by atoms with van der Waals surface area (Å²) in [4.78, 5) is 24.3. The van der Waals surface area contributed by atoms with Crippen molar-refractivity contribution in [2.45, 2.75) is 13.0 Å². The number of amides is 2. The fraction of sp³-hybridized carbons (Fsp3) is 0.375. The second-order valence-electron chi connectivity index (χ2n) is 5.99. The van der Waals surface area contributed by atoms with Crippen LogP contribution in [0.25, 0.3) is 5.57 Å². The van der Waals surface area contributed by atoms with Crippen molar-refractivity contribution in [2.24, 2.45) is 0 Å². The molecule has 0 unspecified atom stereocenters. The zero-order valence-corrected chi connectivity index (χ0v) is 14.3. The lowest BCUT2D eigenvalue weighted by Crippen LogP contribution is -2.42. The Bertz CT molecular complexity index is 865. The first-order valence-corrected chi connectivity index (χ1v) is 9.49. The number of nitrogens with one attached hydrogen (secondary N) is 1. The molecule has 2 aliphatic heterocycles. The van der Waals surface area contributed by atoms with Crippen LogP contribution in [0.4, 0.5) is 14.9 Å². The van der Waals surface area contributed by atoms with E-state index in [0.717, 1.165) is 0 Å². The Kier molecular flexibility index (Phi) is 4.51. The third-order valence-electron chi connectivity index (χ3n) is 4.08. The first-order chi connectivity index (χ1) is 11.8. The number of rotatable bonds is 4. The second-order valence-corrected chi connectivity index (χ2v) is 8.10. The molecule has 1 N–H and O–H groups in total. The summed E-state index contributed by atoms with van der Waals surface area (Å²) in [5.41, 5.74) is 0.916. The second kappa shape index (κ2) is 6.47. The lowest BCUT2D eigenvalue weighted by Gasteiger charge is -2.22. The van der Waals surface area contributed by atoms with Gasteiger partial charge < -0.3 is 10.1 Å². The fourth-order valence-corrected chi connectivity index (χ4v) is 4.19. The average Bonchev–Trinajstić information content (AvgIpc) is 3.07. The molecule has 1 saturated heterocycles. The lowest BCUT2D eigenvalue weighted by atomic mass is 10.1. The summed E-state index contributed by atoms with van der Waals surface area (Å²) in [6.45, 7) is 1.64. The number of benzene rings is 1. The largest absolute Gasteiger partial charge is 0.447 e. The maximum Gasteiger partial charge on any atom is 0.414 e. The molecule has 25 heavy (non-hydrogen) atoms. The highest BCUT2D eigenvalue weighted by atomic mass is 32.2. The molecule has 0 saturated carbocycles. The molecule has 2 amide bonds. The molecule has 0 spiro atoms. The number of hydrogen-bond donors (Lipinski definition) is 1. The van der Waals surface area contributed by atoms with Gasteiger partial charge in [-0.2, -0.15) is 0 Å². The van der Waals surface area contributed by atoms with Crippen LogP contribution < -0.4 is 10.2 Å². The minimum atomic E-state index is -3.20. The van der Waals surface area contributed by atoms with Gasteiger partial charge in [0, 0.05) is 19.0 Å². The fourth-order valence-electron chi connectivity index (χ4n) is 2.87. The van der Waals surface area contributed by atoms with E-state index >= 15 is 0 Å². The Morgan fingerprint density at radius 3 is 2.80 bits per heavy atom. The van der Waals surface area contributed by atoms with Crippen molar-refractivity contribution >= 4 is 33.1 Å². The van der Waals surface area contributed by atoms with Crippen LogP contribution in [0.1, 0.15) is 12.5 Å². The predicted octanol–water partition coefficient (Wildman–Crippen LogP) is 1.10. The van der Waals surface area contributed by atoms with Crippen LogP contribution in [0.2, 0.25) is 0 Å². The van der Waals surface area contributed by atoms with Gasteiger partial charge in [-0.05, 0) is 23.8 Å². The van der Waals surface area contributed by atoms with Crippen LogP contribution in [-0.2, 0) is 19.4 Å². The minimum absolute atomic E-state index is 0.0892. The monoisotopic (exact) mass is 368 g/mol. The van der Waals surface area contributed by atoms with Gasteiger partial charge in [0.1, 0.15) is 12.4 Å². The summed E-state index contributed by atoms with van der Waals surface area (Å²) in [5.74, 6) is -1.14. The molecule has 3 rings (SSSR count). The van der Waals surface area contributed by atoms with Crippen molar-refractivity contribution in [3.05, 3.63) is 35.7 Å². The molecule has 1 aromatic rings. The van der Waals surface area contributed by atoms with E-state index < -0.39 is 27.8 Å². The maximum absolute atomic E-state index is 14.5. The summed E-state index contributed by atoms with van der Waals surface area (Å²) in [6.07, 6.45) is 0.877. The normalized spacial score (nSPS) is 21.8. The van der Waals surface area contributed by atoms with E-state index in [1.807, 2.05) is 0 Å². The van der Waals surface area contributed by atoms with Crippen molar-refractivity contribution in [3.8, 4) is 0 Å². The number of halogens is 1. The standard InChI is InChI=1S/C16H17FN2O5S/c1-10(20)18-7-13-8-24-16(21)19(13)12-2-3-14(15(17)6-12)11-4-5-25(22,23)9-11/h2-4,6,13H,5,7-9H2,1H3,(H,18,20)/t13-/m0/s1. The van der Waals surface area contributed by atoms with Gasteiger partial charge in [0.25, 0.3) is 0 Å². The van der Waals surface area contributed by atoms with Gasteiger partial charge in [-0.25, -0.2) is 17.6 Å². The summed E-state index contributed by atoms with van der Waals surface area (Å²) in [5, 5.41) is 2.61. The van der Waals surface area contributed by atoms with Crippen molar-refractivity contribution in [1.82, 2.24) is 5.32 Å². The van der Waals surface area contributed by atoms with Crippen LogP contribution in [0.3, 0.4) is 0 Å². The molecule has 2 heterocycles. The number of anilines is 1. The third kappa shape index (κ3) is 3.65. The third-order valence-corrected chi connectivity index (χ3v) is 5.51. The van der Waals surface area contributed by atoms with Gasteiger partial charge in [0.2, 0.25) is 5.91 Å². The molecule has 0 aromatic heterocycles. The number of sulfone groups is 1. The van der Waals surface area contributed by atoms with Crippen LogP contribution in [0.5, 0.6) is 0 Å². The highest BCUT2D eigenvalue weighted by molar-refractivity contribution is 7.92. The van der Waals surface area contributed by atoms with Crippen molar-refractivity contribution in [3.63, 3.8) is 0 Å². The SMILES string of the molecule is CC(=O)NC[C@H]1COC(=O)N1c1ccc(C2=CCS(=O)(=O)C2)c(F)c1. The number of carbonyl (C=O) groups is 2. The Morgan fingerprint density at radius 1 is 1.44 bits per heavy atom. The summed E-state index contributed by atoms with van der Waals surface area (Å²) < 4.78 is 42.5. The van der Waals surface area contributed by atoms with Gasteiger partial charge in [-0.1, -0.05) is 6.08 Å². The van der Waals surface area contributed by atoms with Crippen molar-refractivity contribution < 1.29 is 27.1 Å². The van der Waals surface area contributed by atoms with Gasteiger partial charge in [-0.15, -0.1) is 0 Å². The Balaban J connectivity index is 1.84. The first-order valence-electron chi connectivity index (χ1n) is 7.66. The smallest absolute Gasteiger partial charge is 0.414 e. The van der Waals surface area contributed by atoms with Crippen molar-refractivity contribution in [1.29, 1.82) is 0 Å². The number of cyclic esters (lactones) is 1. The quantitative estimate of drug-likeness (QED) is 0.859. The van der Waals surface area contributed by atoms with Crippen LogP contribution in [0, 0.1) is 5.82 Å². The van der Waals surface area contributed by atoms with E-state index in [0.29, 0.717) is 11.3 Å². The maximum atomic E-state index is 14.5. The van der Waals surface area contributed by atoms with Crippen LogP contribution in [-0.4, -0.2) is 51.1 Å². The van der Waals surface area contributed by atoms with E-state index in [9.17, 15) is 22.4 Å². The van der Waals surface area contributed by atoms with Gasteiger partial charge in [-0.3, -0.25) is 9.69 Å². The topological polar surface area (TPSA) is 92.8 Å². The first kappa shape index (κ1) is 17.4. The van der Waals surface area contributed by atoms with E-state index in [2.05, 4.69) is 5.32 Å². The lowest BCUT2D eigenvalue weighted by molar-refractivity contribution is -0.119. The Morgan fingerprint density at radius 2 is 2.20 bits per heavy atom. The predicted molar refractivity (Wildman–Crippen MR) is 89.3 cm³/mol. The van der Waals surface area contributed by atoms with Crippen molar-refractivity contribution in [2.75, 3.05) is 29.6 Å². The minimum Gasteiger partial charge on any atom is -0.447 e. The molecule has 0 radical (unpaired) electrons. The van der Waals surface area contributed by atoms with E-state index in [4.69, 9.17) is 4.74 Å². The molecular formula is C16H17FN2O5S. The molecule has 9 heteroatoms. The van der Waals surface area contributed by atoms with E-state index in [-0.39, 0.29) is 36.1 Å². The number of carbonyl (C=O) groups excluding carboxylic acids is 2. The summed E-state index contributed by atoms with van der Waals surface area (Å²) >= 11 is 0. The van der Waals surface area contributed by atoms with Crippen LogP contribution in [0.15, 0.2) is 24.3 Å². The molecule has 0 aliphatic carbocycles. The van der Waals surface area contributed by atoms with Gasteiger partial charge >= 0.3 is 6.09 Å². The Hall–Kier alpha value is -2.42. The number of ether oxygens (including phenoxy) is 1. The number of hydrogen-bond acceptors (Lipinski definition) is 5. The Labute approximate surface area is 144 Å². The average molecular weight is 368 g/mol. The van der Waals surface area contributed by atoms with Crippen LogP contribution >= 0.6 is 0 Å². The molecule has 1 fully saturated rings. The molecule has 7 nitrogen and oxygen atoms in total. The highest BCUT2D eigenvalue weighted by Gasteiger charge is 2.35. The van der Waals surface area contributed by atoms with Gasteiger partial charge in [0.15, 0.2) is 9.84 Å². The van der Waals surface area contributed by atoms with E-state index in [1.165, 1.54) is 36.1 Å². The molecule has 1 atom stereocenters. The molecular weight excluding hydrogens is 351 g/mol.